The molecule has 0 spiro atoms. The molecular weight excluding hydrogens is 326 g/mol. The second-order valence-corrected chi connectivity index (χ2v) is 6.62. The fraction of sp³-hybridized carbons (Fsp3) is 0.455. The lowest BCUT2D eigenvalue weighted by molar-refractivity contribution is -0.110. The Kier molecular flexibility index (Phi) is 4.12. The van der Waals surface area contributed by atoms with Crippen LogP contribution in [0.1, 0.15) is 26.3 Å². The molecule has 0 radical (unpaired) electrons. The van der Waals surface area contributed by atoms with Crippen LogP contribution in [0.4, 0.5) is 26.3 Å². The van der Waals surface area contributed by atoms with Gasteiger partial charge in [-0.15, -0.1) is 0 Å². The third-order valence-corrected chi connectivity index (χ3v) is 3.61. The number of halogens is 6. The normalized spacial score (nSPS) is 13.6. The van der Waals surface area contributed by atoms with Gasteiger partial charge in [-0.3, -0.25) is 4.55 Å². The van der Waals surface area contributed by atoms with E-state index in [0.717, 1.165) is 20.8 Å². The first-order valence-corrected chi connectivity index (χ1v) is 6.79. The van der Waals surface area contributed by atoms with Crippen LogP contribution >= 0.6 is 0 Å². The Hall–Kier alpha value is -1.29. The van der Waals surface area contributed by atoms with Gasteiger partial charge >= 0.3 is 10.1 Å². The first kappa shape index (κ1) is 17.8. The van der Waals surface area contributed by atoms with E-state index in [2.05, 4.69) is 0 Å². The predicted molar refractivity (Wildman–Crippen MR) is 59.4 cm³/mol. The highest BCUT2D eigenvalue weighted by Crippen LogP contribution is 2.47. The summed E-state index contributed by atoms with van der Waals surface area (Å²) in [7, 11) is -5.68. The molecule has 0 atom stereocenters. The zero-order chi connectivity index (χ0) is 17.0. The van der Waals surface area contributed by atoms with Crippen molar-refractivity contribution in [2.75, 3.05) is 0 Å². The van der Waals surface area contributed by atoms with Crippen LogP contribution in [0.15, 0.2) is 4.90 Å². The summed E-state index contributed by atoms with van der Waals surface area (Å²) in [5.74, 6) is -14.7. The summed E-state index contributed by atoms with van der Waals surface area (Å²) in [5.41, 5.74) is -4.36. The van der Waals surface area contributed by atoms with Crippen molar-refractivity contribution >= 4 is 10.1 Å². The van der Waals surface area contributed by atoms with Gasteiger partial charge in [0.05, 0.1) is 5.56 Å². The van der Waals surface area contributed by atoms with Crippen molar-refractivity contribution in [3.8, 4) is 0 Å². The molecule has 1 aromatic carbocycles. The second-order valence-electron chi connectivity index (χ2n) is 5.26. The van der Waals surface area contributed by atoms with E-state index in [-0.39, 0.29) is 0 Å². The highest BCUT2D eigenvalue weighted by atomic mass is 32.2. The lowest BCUT2D eigenvalue weighted by atomic mass is 9.83. The SMILES string of the molecule is CC(C)(C)C(F)(F)c1c(F)c(F)c(S(=O)(=O)O)c(F)c1F. The van der Waals surface area contributed by atoms with Gasteiger partial charge in [-0.25, -0.2) is 26.3 Å². The van der Waals surface area contributed by atoms with Crippen molar-refractivity contribution in [2.24, 2.45) is 5.41 Å². The van der Waals surface area contributed by atoms with Crippen molar-refractivity contribution < 1.29 is 39.3 Å². The molecule has 0 heterocycles. The molecule has 0 bridgehead atoms. The summed E-state index contributed by atoms with van der Waals surface area (Å²) in [4.78, 5) is -2.36. The van der Waals surface area contributed by atoms with E-state index in [1.807, 2.05) is 0 Å². The molecule has 0 aliphatic carbocycles. The van der Waals surface area contributed by atoms with Crippen LogP contribution in [0.2, 0.25) is 0 Å². The van der Waals surface area contributed by atoms with E-state index in [9.17, 15) is 34.8 Å². The van der Waals surface area contributed by atoms with Gasteiger partial charge in [0.2, 0.25) is 0 Å². The van der Waals surface area contributed by atoms with E-state index in [1.165, 1.54) is 0 Å². The number of benzene rings is 1. The standard InChI is InChI=1S/C11H10F6O3S/c1-10(2,3)11(16,17)4-5(12)7(14)9(21(18,19)20)8(15)6(4)13/h1-3H3,(H,18,19,20). The van der Waals surface area contributed by atoms with Gasteiger partial charge in [0.15, 0.2) is 28.2 Å². The van der Waals surface area contributed by atoms with Gasteiger partial charge in [0, 0.05) is 5.41 Å². The van der Waals surface area contributed by atoms with Crippen LogP contribution < -0.4 is 0 Å². The first-order valence-electron chi connectivity index (χ1n) is 5.35. The van der Waals surface area contributed by atoms with Crippen LogP contribution in [-0.2, 0) is 16.0 Å². The Morgan fingerprint density at radius 1 is 0.857 bits per heavy atom. The lowest BCUT2D eigenvalue weighted by Crippen LogP contribution is -2.34. The van der Waals surface area contributed by atoms with E-state index in [0.29, 0.717) is 0 Å². The Bertz CT molecular complexity index is 662. The number of hydrogen-bond acceptors (Lipinski definition) is 2. The molecule has 0 aromatic heterocycles. The molecule has 0 fully saturated rings. The molecule has 0 unspecified atom stereocenters. The van der Waals surface area contributed by atoms with Gasteiger partial charge in [-0.1, -0.05) is 20.8 Å². The highest BCUT2D eigenvalue weighted by molar-refractivity contribution is 7.85. The summed E-state index contributed by atoms with van der Waals surface area (Å²) in [6.07, 6.45) is 0. The maximum atomic E-state index is 13.9. The van der Waals surface area contributed by atoms with Crippen LogP contribution in [0.25, 0.3) is 0 Å². The van der Waals surface area contributed by atoms with Crippen molar-refractivity contribution in [2.45, 2.75) is 31.6 Å². The number of hydrogen-bond donors (Lipinski definition) is 1. The Morgan fingerprint density at radius 3 is 1.43 bits per heavy atom. The minimum atomic E-state index is -5.68. The monoisotopic (exact) mass is 336 g/mol. The van der Waals surface area contributed by atoms with Crippen molar-refractivity contribution in [3.05, 3.63) is 28.8 Å². The molecule has 21 heavy (non-hydrogen) atoms. The van der Waals surface area contributed by atoms with E-state index < -0.39 is 55.2 Å². The Morgan fingerprint density at radius 2 is 1.19 bits per heavy atom. The molecule has 0 saturated carbocycles. The van der Waals surface area contributed by atoms with Crippen molar-refractivity contribution in [3.63, 3.8) is 0 Å². The third kappa shape index (κ3) is 2.73. The fourth-order valence-electron chi connectivity index (χ4n) is 1.49. The zero-order valence-electron chi connectivity index (χ0n) is 10.9. The molecule has 1 N–H and O–H groups in total. The maximum Gasteiger partial charge on any atom is 0.300 e. The lowest BCUT2D eigenvalue weighted by Gasteiger charge is -2.31. The zero-order valence-corrected chi connectivity index (χ0v) is 11.8. The highest BCUT2D eigenvalue weighted by Gasteiger charge is 2.51. The third-order valence-electron chi connectivity index (χ3n) is 2.74. The van der Waals surface area contributed by atoms with Gasteiger partial charge in [-0.2, -0.15) is 8.42 Å². The van der Waals surface area contributed by atoms with Gasteiger partial charge < -0.3 is 0 Å². The second kappa shape index (κ2) is 4.87. The smallest absolute Gasteiger partial charge is 0.282 e. The van der Waals surface area contributed by atoms with E-state index >= 15 is 0 Å². The van der Waals surface area contributed by atoms with Gasteiger partial charge in [0.25, 0.3) is 5.92 Å². The molecule has 0 aliphatic heterocycles. The summed E-state index contributed by atoms with van der Waals surface area (Å²) in [6.45, 7) is 2.58. The van der Waals surface area contributed by atoms with E-state index in [4.69, 9.17) is 4.55 Å². The van der Waals surface area contributed by atoms with Gasteiger partial charge in [-0.05, 0) is 0 Å². The molecule has 0 saturated heterocycles. The topological polar surface area (TPSA) is 54.4 Å². The first-order chi connectivity index (χ1) is 9.14. The minimum absolute atomic E-state index is 0.860. The predicted octanol–water partition coefficient (Wildman–Crippen LogP) is 3.63. The summed E-state index contributed by atoms with van der Waals surface area (Å²) in [5, 5.41) is 0. The minimum Gasteiger partial charge on any atom is -0.282 e. The van der Waals surface area contributed by atoms with Crippen LogP contribution in [0.3, 0.4) is 0 Å². The average Bonchev–Trinajstić information content (AvgIpc) is 2.23. The molecule has 0 aliphatic rings. The van der Waals surface area contributed by atoms with Gasteiger partial charge in [0.1, 0.15) is 0 Å². The molecular formula is C11H10F6O3S. The largest absolute Gasteiger partial charge is 0.300 e. The van der Waals surface area contributed by atoms with E-state index in [1.54, 1.807) is 0 Å². The number of alkyl halides is 2. The average molecular weight is 336 g/mol. The molecule has 120 valence electrons. The molecule has 1 aromatic rings. The molecule has 0 amide bonds. The maximum absolute atomic E-state index is 13.9. The van der Waals surface area contributed by atoms with Crippen LogP contribution in [-0.4, -0.2) is 13.0 Å². The Balaban J connectivity index is 3.93. The van der Waals surface area contributed by atoms with Crippen LogP contribution in [0.5, 0.6) is 0 Å². The quantitative estimate of drug-likeness (QED) is 0.510. The summed E-state index contributed by atoms with van der Waals surface area (Å²) in [6, 6.07) is 0. The summed E-state index contributed by atoms with van der Waals surface area (Å²) >= 11 is 0. The number of rotatable bonds is 2. The summed E-state index contributed by atoms with van der Waals surface area (Å²) < 4.78 is 112. The molecule has 10 heteroatoms. The molecule has 3 nitrogen and oxygen atoms in total. The molecule has 1 rings (SSSR count). The van der Waals surface area contributed by atoms with Crippen molar-refractivity contribution in [1.29, 1.82) is 0 Å². The Labute approximate surface area is 116 Å². The van der Waals surface area contributed by atoms with Crippen molar-refractivity contribution in [1.82, 2.24) is 0 Å². The fourth-order valence-corrected chi connectivity index (χ4v) is 2.12. The van der Waals surface area contributed by atoms with Crippen LogP contribution in [0, 0.1) is 28.7 Å².